The summed E-state index contributed by atoms with van der Waals surface area (Å²) in [5, 5.41) is 11.6. The van der Waals surface area contributed by atoms with Gasteiger partial charge in [-0.15, -0.1) is 0 Å². The molecule has 2 aromatic rings. The first-order valence-corrected chi connectivity index (χ1v) is 14.6. The van der Waals surface area contributed by atoms with Gasteiger partial charge in [-0.25, -0.2) is 0 Å². The number of hydrogen-bond donors (Lipinski definition) is 4. The first-order valence-electron chi connectivity index (χ1n) is 14.6. The third kappa shape index (κ3) is 12.5. The maximum Gasteiger partial charge on any atom is 0.251 e. The van der Waals surface area contributed by atoms with Gasteiger partial charge in [0.2, 0.25) is 11.8 Å². The monoisotopic (exact) mass is 550 g/mol. The van der Waals surface area contributed by atoms with Crippen LogP contribution in [0, 0.1) is 0 Å². The number of nitrogens with one attached hydrogen (secondary N) is 4. The zero-order valence-corrected chi connectivity index (χ0v) is 24.5. The minimum absolute atomic E-state index is 0.0299. The minimum atomic E-state index is -0.109. The van der Waals surface area contributed by atoms with Crippen LogP contribution in [0.3, 0.4) is 0 Å². The van der Waals surface area contributed by atoms with Gasteiger partial charge in [-0.05, 0) is 88.1 Å². The second-order valence-electron chi connectivity index (χ2n) is 10.4. The predicted octanol–water partition coefficient (Wildman–Crippen LogP) is 6.44. The molecular weight excluding hydrogens is 504 g/mol. The predicted molar refractivity (Wildman–Crippen MR) is 162 cm³/mol. The molecule has 4 N–H and O–H groups in total. The molecule has 0 bridgehead atoms. The number of carbonyl (C=O) groups excluding carboxylic acids is 4. The first-order chi connectivity index (χ1) is 19.2. The Morgan fingerprint density at radius 2 is 0.875 bits per heavy atom. The van der Waals surface area contributed by atoms with Crippen molar-refractivity contribution in [2.75, 3.05) is 10.6 Å². The van der Waals surface area contributed by atoms with E-state index in [0.717, 1.165) is 51.4 Å². The van der Waals surface area contributed by atoms with Crippen molar-refractivity contribution >= 4 is 35.0 Å². The van der Waals surface area contributed by atoms with Crippen LogP contribution >= 0.6 is 0 Å². The van der Waals surface area contributed by atoms with E-state index in [1.807, 2.05) is 27.7 Å². The summed E-state index contributed by atoms with van der Waals surface area (Å²) in [5.74, 6) is -0.278. The van der Waals surface area contributed by atoms with Gasteiger partial charge in [0.1, 0.15) is 0 Å². The second-order valence-corrected chi connectivity index (χ2v) is 10.4. The first kappa shape index (κ1) is 32.5. The lowest BCUT2D eigenvalue weighted by Crippen LogP contribution is -2.31. The van der Waals surface area contributed by atoms with Crippen LogP contribution < -0.4 is 21.3 Å². The fourth-order valence-electron chi connectivity index (χ4n) is 3.95. The van der Waals surface area contributed by atoms with E-state index in [1.165, 1.54) is 0 Å². The maximum absolute atomic E-state index is 12.2. The molecule has 0 saturated carbocycles. The largest absolute Gasteiger partial charge is 0.350 e. The number of unbranched alkanes of at least 4 members (excludes halogenated alkanes) is 5. The molecule has 8 nitrogen and oxygen atoms in total. The lowest BCUT2D eigenvalue weighted by molar-refractivity contribution is -0.117. The Morgan fingerprint density at radius 1 is 0.550 bits per heavy atom. The summed E-state index contributed by atoms with van der Waals surface area (Å²) in [4.78, 5) is 48.8. The van der Waals surface area contributed by atoms with Crippen molar-refractivity contribution in [1.82, 2.24) is 10.6 Å². The number of anilines is 2. The lowest BCUT2D eigenvalue weighted by Gasteiger charge is -2.12. The summed E-state index contributed by atoms with van der Waals surface area (Å²) in [6.45, 7) is 7.97. The van der Waals surface area contributed by atoms with Crippen molar-refractivity contribution in [2.24, 2.45) is 0 Å². The van der Waals surface area contributed by atoms with E-state index in [0.29, 0.717) is 35.3 Å². The van der Waals surface area contributed by atoms with E-state index >= 15 is 0 Å². The fraction of sp³-hybridized carbons (Fsp3) is 0.500. The van der Waals surface area contributed by atoms with Crippen molar-refractivity contribution < 1.29 is 19.2 Å². The smallest absolute Gasteiger partial charge is 0.251 e. The van der Waals surface area contributed by atoms with E-state index < -0.39 is 0 Å². The standard InChI is InChI=1S/C32H46N4O4/c1-5-23(3)33-31(39)25-15-19-27(20-16-25)35-29(37)13-11-9-7-8-10-12-14-30(38)36-28-21-17-26(18-22-28)32(40)34-24(4)6-2/h15-24H,5-14H2,1-4H3,(H,33,39)(H,34,40)(H,35,37)(H,36,38). The van der Waals surface area contributed by atoms with Gasteiger partial charge in [-0.2, -0.15) is 0 Å². The van der Waals surface area contributed by atoms with Crippen LogP contribution in [-0.2, 0) is 9.59 Å². The highest BCUT2D eigenvalue weighted by Crippen LogP contribution is 2.14. The molecule has 0 fully saturated rings. The Hall–Kier alpha value is -3.68. The quantitative estimate of drug-likeness (QED) is 0.170. The van der Waals surface area contributed by atoms with Crippen LogP contribution in [0.2, 0.25) is 0 Å². The van der Waals surface area contributed by atoms with Gasteiger partial charge >= 0.3 is 0 Å². The molecule has 2 rings (SSSR count). The minimum Gasteiger partial charge on any atom is -0.350 e. The Morgan fingerprint density at radius 3 is 1.20 bits per heavy atom. The topological polar surface area (TPSA) is 116 Å². The van der Waals surface area contributed by atoms with Crippen LogP contribution in [0.4, 0.5) is 11.4 Å². The number of amides is 4. The Balaban J connectivity index is 1.53. The Labute approximate surface area is 239 Å². The molecular formula is C32H46N4O4. The number of hydrogen-bond acceptors (Lipinski definition) is 4. The molecule has 0 aliphatic rings. The molecule has 0 heterocycles. The molecule has 2 atom stereocenters. The van der Waals surface area contributed by atoms with Gasteiger partial charge in [0.25, 0.3) is 11.8 Å². The molecule has 0 saturated heterocycles. The number of carbonyl (C=O) groups is 4. The number of rotatable bonds is 17. The van der Waals surface area contributed by atoms with Gasteiger partial charge in [0, 0.05) is 47.4 Å². The molecule has 0 aromatic heterocycles. The molecule has 40 heavy (non-hydrogen) atoms. The maximum atomic E-state index is 12.2. The van der Waals surface area contributed by atoms with Crippen molar-refractivity contribution in [3.63, 3.8) is 0 Å². The molecule has 2 aromatic carbocycles. The van der Waals surface area contributed by atoms with Crippen molar-refractivity contribution in [1.29, 1.82) is 0 Å². The SMILES string of the molecule is CCC(C)NC(=O)c1ccc(NC(=O)CCCCCCCCC(=O)Nc2ccc(C(=O)NC(C)CC)cc2)cc1. The van der Waals surface area contributed by atoms with Gasteiger partial charge in [-0.3, -0.25) is 19.2 Å². The van der Waals surface area contributed by atoms with E-state index in [9.17, 15) is 19.2 Å². The Bertz CT molecular complexity index is 996. The molecule has 0 spiro atoms. The van der Waals surface area contributed by atoms with E-state index in [-0.39, 0.29) is 35.7 Å². The highest BCUT2D eigenvalue weighted by Gasteiger charge is 2.10. The molecule has 8 heteroatoms. The van der Waals surface area contributed by atoms with Crippen molar-refractivity contribution in [3.8, 4) is 0 Å². The second kappa shape index (κ2) is 17.8. The summed E-state index contributed by atoms with van der Waals surface area (Å²) in [5.41, 5.74) is 2.53. The molecule has 0 aliphatic carbocycles. The molecule has 4 amide bonds. The molecule has 218 valence electrons. The van der Waals surface area contributed by atoms with E-state index in [1.54, 1.807) is 48.5 Å². The zero-order valence-electron chi connectivity index (χ0n) is 24.5. The van der Waals surface area contributed by atoms with Crippen LogP contribution in [0.15, 0.2) is 48.5 Å². The van der Waals surface area contributed by atoms with Gasteiger partial charge in [0.15, 0.2) is 0 Å². The fourth-order valence-corrected chi connectivity index (χ4v) is 3.95. The van der Waals surface area contributed by atoms with Gasteiger partial charge < -0.3 is 21.3 Å². The summed E-state index contributed by atoms with van der Waals surface area (Å²) in [6.07, 6.45) is 8.25. The Kier molecular flexibility index (Phi) is 14.5. The molecule has 2 unspecified atom stereocenters. The highest BCUT2D eigenvalue weighted by atomic mass is 16.2. The molecule has 0 radical (unpaired) electrons. The van der Waals surface area contributed by atoms with Crippen LogP contribution in [-0.4, -0.2) is 35.7 Å². The zero-order chi connectivity index (χ0) is 29.3. The van der Waals surface area contributed by atoms with E-state index in [2.05, 4.69) is 21.3 Å². The van der Waals surface area contributed by atoms with Gasteiger partial charge in [-0.1, -0.05) is 39.5 Å². The van der Waals surface area contributed by atoms with Crippen LogP contribution in [0.25, 0.3) is 0 Å². The summed E-state index contributed by atoms with van der Waals surface area (Å²) < 4.78 is 0. The highest BCUT2D eigenvalue weighted by molar-refractivity contribution is 5.96. The average Bonchev–Trinajstić information content (AvgIpc) is 2.94. The normalized spacial score (nSPS) is 12.2. The summed E-state index contributed by atoms with van der Waals surface area (Å²) in [6, 6.07) is 14.1. The third-order valence-electron chi connectivity index (χ3n) is 6.90. The van der Waals surface area contributed by atoms with Crippen molar-refractivity contribution in [2.45, 2.75) is 104 Å². The van der Waals surface area contributed by atoms with Crippen molar-refractivity contribution in [3.05, 3.63) is 59.7 Å². The van der Waals surface area contributed by atoms with Crippen LogP contribution in [0.5, 0.6) is 0 Å². The summed E-state index contributed by atoms with van der Waals surface area (Å²) in [7, 11) is 0. The average molecular weight is 551 g/mol. The molecule has 0 aliphatic heterocycles. The third-order valence-corrected chi connectivity index (χ3v) is 6.90. The van der Waals surface area contributed by atoms with Crippen LogP contribution in [0.1, 0.15) is 113 Å². The van der Waals surface area contributed by atoms with E-state index in [4.69, 9.17) is 0 Å². The number of benzene rings is 2. The summed E-state index contributed by atoms with van der Waals surface area (Å²) >= 11 is 0. The lowest BCUT2D eigenvalue weighted by atomic mass is 10.1. The van der Waals surface area contributed by atoms with Gasteiger partial charge in [0.05, 0.1) is 0 Å².